The Morgan fingerprint density at radius 1 is 1.23 bits per heavy atom. The van der Waals surface area contributed by atoms with Crippen LogP contribution in [0.25, 0.3) is 0 Å². The molecule has 0 aliphatic heterocycles. The molecule has 1 rings (SSSR count). The van der Waals surface area contributed by atoms with Crippen LogP contribution < -0.4 is 9.50 Å². The fourth-order valence-corrected chi connectivity index (χ4v) is 2.37. The average molecular weight is 328 g/mol. The summed E-state index contributed by atoms with van der Waals surface area (Å²) in [7, 11) is -3.61. The molecule has 0 fully saturated rings. The molecule has 1 aromatic carbocycles. The van der Waals surface area contributed by atoms with Crippen LogP contribution in [0.4, 0.5) is 4.79 Å². The third-order valence-electron chi connectivity index (χ3n) is 2.85. The third kappa shape index (κ3) is 5.93. The predicted molar refractivity (Wildman–Crippen MR) is 86.3 cm³/mol. The maximum Gasteiger partial charge on any atom is 0.318 e. The van der Waals surface area contributed by atoms with Gasteiger partial charge >= 0.3 is 16.1 Å². The maximum absolute atomic E-state index is 12.3. The van der Waals surface area contributed by atoms with Crippen LogP contribution in [0.3, 0.4) is 0 Å². The molecule has 0 atom stereocenters. The fourth-order valence-electron chi connectivity index (χ4n) is 1.88. The highest BCUT2D eigenvalue weighted by Gasteiger charge is 2.20. The summed E-state index contributed by atoms with van der Waals surface area (Å²) in [5.74, 6) is 0.244. The number of benzene rings is 1. The minimum absolute atomic E-state index is 0.0243. The number of nitrogens with zero attached hydrogens (tertiary/aromatic N) is 1. The molecule has 0 saturated carbocycles. The van der Waals surface area contributed by atoms with Crippen molar-refractivity contribution in [3.05, 3.63) is 29.8 Å². The number of carbonyl (C=O) groups excluding carboxylic acids is 1. The Labute approximate surface area is 132 Å². The molecule has 0 spiro atoms. The van der Waals surface area contributed by atoms with E-state index in [2.05, 4.69) is 5.32 Å². The van der Waals surface area contributed by atoms with Gasteiger partial charge in [-0.3, -0.25) is 0 Å². The molecule has 0 unspecified atom stereocenters. The molecule has 0 aliphatic carbocycles. The summed E-state index contributed by atoms with van der Waals surface area (Å²) < 4.78 is 27.7. The molecule has 0 saturated heterocycles. The van der Waals surface area contributed by atoms with Crippen molar-refractivity contribution in [1.82, 2.24) is 10.2 Å². The highest BCUT2D eigenvalue weighted by atomic mass is 32.2. The molecule has 0 bridgehead atoms. The van der Waals surface area contributed by atoms with Crippen LogP contribution in [0.1, 0.15) is 33.3 Å². The quantitative estimate of drug-likeness (QED) is 0.813. The van der Waals surface area contributed by atoms with Crippen LogP contribution in [-0.2, 0) is 16.7 Å². The number of amides is 2. The first-order valence-corrected chi connectivity index (χ1v) is 8.96. The Hall–Kier alpha value is -1.76. The Balaban J connectivity index is 3.02. The molecule has 0 radical (unpaired) electrons. The lowest BCUT2D eigenvalue weighted by molar-refractivity contribution is 0.177. The van der Waals surface area contributed by atoms with E-state index in [0.29, 0.717) is 5.56 Å². The van der Waals surface area contributed by atoms with E-state index in [1.165, 1.54) is 0 Å². The van der Waals surface area contributed by atoms with Gasteiger partial charge in [0.2, 0.25) is 0 Å². The first-order chi connectivity index (χ1) is 10.1. The summed E-state index contributed by atoms with van der Waals surface area (Å²) in [5, 5.41) is 2.84. The topological polar surface area (TPSA) is 75.7 Å². The molecular weight excluding hydrogens is 304 g/mol. The van der Waals surface area contributed by atoms with Crippen LogP contribution in [0, 0.1) is 0 Å². The lowest BCUT2D eigenvalue weighted by Gasteiger charge is -2.28. The summed E-state index contributed by atoms with van der Waals surface area (Å²) in [6.45, 7) is 7.84. The molecule has 0 aromatic heterocycles. The number of nitrogens with one attached hydrogen (secondary N) is 1. The zero-order chi connectivity index (χ0) is 16.9. The molecule has 2 amide bonds. The van der Waals surface area contributed by atoms with Gasteiger partial charge in [-0.2, -0.15) is 8.42 Å². The average Bonchev–Trinajstić information content (AvgIpc) is 2.34. The summed E-state index contributed by atoms with van der Waals surface area (Å²) in [6.07, 6.45) is 0.996. The van der Waals surface area contributed by atoms with Crippen molar-refractivity contribution in [2.75, 3.05) is 6.26 Å². The summed E-state index contributed by atoms with van der Waals surface area (Å²) in [5.41, 5.74) is 0.639. The van der Waals surface area contributed by atoms with Crippen molar-refractivity contribution in [3.63, 3.8) is 0 Å². The molecule has 22 heavy (non-hydrogen) atoms. The van der Waals surface area contributed by atoms with Crippen LogP contribution in [-0.4, -0.2) is 37.7 Å². The summed E-state index contributed by atoms with van der Waals surface area (Å²) in [6, 6.07) is 6.59. The van der Waals surface area contributed by atoms with Crippen molar-refractivity contribution < 1.29 is 17.4 Å². The molecule has 6 nitrogen and oxygen atoms in total. The molecule has 0 heterocycles. The minimum atomic E-state index is -3.61. The van der Waals surface area contributed by atoms with Gasteiger partial charge in [-0.15, -0.1) is 0 Å². The van der Waals surface area contributed by atoms with Crippen molar-refractivity contribution in [2.45, 2.75) is 46.3 Å². The zero-order valence-electron chi connectivity index (χ0n) is 13.7. The lowest BCUT2D eigenvalue weighted by atomic mass is 10.1. The first-order valence-electron chi connectivity index (χ1n) is 7.14. The van der Waals surface area contributed by atoms with Gasteiger partial charge < -0.3 is 14.4 Å². The van der Waals surface area contributed by atoms with E-state index in [9.17, 15) is 13.2 Å². The van der Waals surface area contributed by atoms with Crippen LogP contribution >= 0.6 is 0 Å². The fraction of sp³-hybridized carbons (Fsp3) is 0.533. The molecule has 1 aromatic rings. The second-order valence-corrected chi connectivity index (χ2v) is 7.30. The number of rotatable bonds is 6. The third-order valence-corrected chi connectivity index (χ3v) is 3.33. The van der Waals surface area contributed by atoms with E-state index >= 15 is 0 Å². The monoisotopic (exact) mass is 328 g/mol. The van der Waals surface area contributed by atoms with Gasteiger partial charge in [0.25, 0.3) is 0 Å². The van der Waals surface area contributed by atoms with Crippen molar-refractivity contribution >= 4 is 16.1 Å². The Morgan fingerprint density at radius 3 is 2.32 bits per heavy atom. The number of carbonyl (C=O) groups is 1. The van der Waals surface area contributed by atoms with Crippen LogP contribution in [0.5, 0.6) is 5.75 Å². The van der Waals surface area contributed by atoms with Crippen LogP contribution in [0.15, 0.2) is 24.3 Å². The molecular formula is C15H24N2O4S. The van der Waals surface area contributed by atoms with E-state index in [1.54, 1.807) is 29.2 Å². The van der Waals surface area contributed by atoms with Gasteiger partial charge in [-0.1, -0.05) is 18.2 Å². The van der Waals surface area contributed by atoms with Gasteiger partial charge in [0, 0.05) is 17.6 Å². The summed E-state index contributed by atoms with van der Waals surface area (Å²) in [4.78, 5) is 13.9. The maximum atomic E-state index is 12.3. The predicted octanol–water partition coefficient (Wildman–Crippen LogP) is 2.35. The highest BCUT2D eigenvalue weighted by molar-refractivity contribution is 7.86. The smallest absolute Gasteiger partial charge is 0.318 e. The molecule has 0 aliphatic rings. The van der Waals surface area contributed by atoms with Crippen molar-refractivity contribution in [3.8, 4) is 5.75 Å². The van der Waals surface area contributed by atoms with E-state index in [0.717, 1.165) is 6.26 Å². The van der Waals surface area contributed by atoms with Crippen molar-refractivity contribution in [1.29, 1.82) is 0 Å². The number of para-hydroxylation sites is 1. The van der Waals surface area contributed by atoms with Gasteiger partial charge in [-0.25, -0.2) is 4.79 Å². The largest absolute Gasteiger partial charge is 0.382 e. The van der Waals surface area contributed by atoms with E-state index in [4.69, 9.17) is 4.18 Å². The van der Waals surface area contributed by atoms with E-state index < -0.39 is 10.1 Å². The number of hydrogen-bond donors (Lipinski definition) is 1. The standard InChI is InChI=1S/C15H24N2O4S/c1-11(2)16-15(18)17(12(3)4)10-13-8-6-7-9-14(13)21-22(5,19)20/h6-9,11-12H,10H2,1-5H3,(H,16,18). The van der Waals surface area contributed by atoms with Gasteiger partial charge in [0.05, 0.1) is 12.8 Å². The second kappa shape index (κ2) is 7.49. The SMILES string of the molecule is CC(C)NC(=O)N(Cc1ccccc1OS(C)(=O)=O)C(C)C. The van der Waals surface area contributed by atoms with Crippen LogP contribution in [0.2, 0.25) is 0 Å². The lowest BCUT2D eigenvalue weighted by Crippen LogP contribution is -2.45. The zero-order valence-corrected chi connectivity index (χ0v) is 14.5. The minimum Gasteiger partial charge on any atom is -0.382 e. The van der Waals surface area contributed by atoms with Gasteiger partial charge in [0.15, 0.2) is 0 Å². The highest BCUT2D eigenvalue weighted by Crippen LogP contribution is 2.22. The van der Waals surface area contributed by atoms with Crippen molar-refractivity contribution in [2.24, 2.45) is 0 Å². The van der Waals surface area contributed by atoms with Gasteiger partial charge in [0.1, 0.15) is 5.75 Å². The second-order valence-electron chi connectivity index (χ2n) is 5.72. The van der Waals surface area contributed by atoms with E-state index in [-0.39, 0.29) is 30.4 Å². The number of hydrogen-bond acceptors (Lipinski definition) is 4. The Kier molecular flexibility index (Phi) is 6.22. The Bertz CT molecular complexity index is 612. The van der Waals surface area contributed by atoms with E-state index in [1.807, 2.05) is 27.7 Å². The summed E-state index contributed by atoms with van der Waals surface area (Å²) >= 11 is 0. The molecule has 124 valence electrons. The normalized spacial score (nSPS) is 11.6. The first kappa shape index (κ1) is 18.3. The van der Waals surface area contributed by atoms with Gasteiger partial charge in [-0.05, 0) is 33.8 Å². The number of urea groups is 1. The molecule has 1 N–H and O–H groups in total. The molecule has 7 heteroatoms. The Morgan fingerprint density at radius 2 is 1.82 bits per heavy atom.